The molecule has 1 amide bonds. The van der Waals surface area contributed by atoms with Gasteiger partial charge in [0.2, 0.25) is 5.91 Å². The summed E-state index contributed by atoms with van der Waals surface area (Å²) >= 11 is 6.21. The fourth-order valence-corrected chi connectivity index (χ4v) is 3.53. The van der Waals surface area contributed by atoms with Gasteiger partial charge in [-0.2, -0.15) is 0 Å². The summed E-state index contributed by atoms with van der Waals surface area (Å²) in [6.45, 7) is 1.54. The number of halogens is 1. The number of aliphatic hydroxyl groups is 1. The Morgan fingerprint density at radius 1 is 1.16 bits per heavy atom. The molecule has 0 aromatic heterocycles. The maximum absolute atomic E-state index is 12.5. The molecule has 2 heterocycles. The molecule has 4 rings (SSSR count). The van der Waals surface area contributed by atoms with Crippen LogP contribution >= 0.6 is 11.6 Å². The number of fused-ring (bicyclic) bond motifs is 1. The van der Waals surface area contributed by atoms with Crippen LogP contribution in [0.3, 0.4) is 0 Å². The predicted octanol–water partition coefficient (Wildman–Crippen LogP) is 2.38. The minimum Gasteiger partial charge on any atom is -0.486 e. The largest absolute Gasteiger partial charge is 0.486 e. The Balaban J connectivity index is 1.43. The number of benzene rings is 2. The lowest BCUT2D eigenvalue weighted by Gasteiger charge is -2.46. The summed E-state index contributed by atoms with van der Waals surface area (Å²) in [6.07, 6.45) is 0.210. The van der Waals surface area contributed by atoms with E-state index in [-0.39, 0.29) is 12.3 Å². The van der Waals surface area contributed by atoms with Gasteiger partial charge in [0.25, 0.3) is 0 Å². The van der Waals surface area contributed by atoms with E-state index in [1.54, 1.807) is 17.0 Å². The van der Waals surface area contributed by atoms with Gasteiger partial charge in [0.05, 0.1) is 24.5 Å². The topological polar surface area (TPSA) is 59.0 Å². The van der Waals surface area contributed by atoms with Crippen molar-refractivity contribution >= 4 is 17.5 Å². The van der Waals surface area contributed by atoms with Crippen LogP contribution in [0.1, 0.15) is 11.1 Å². The van der Waals surface area contributed by atoms with Gasteiger partial charge in [-0.15, -0.1) is 0 Å². The van der Waals surface area contributed by atoms with Crippen molar-refractivity contribution in [2.75, 3.05) is 26.3 Å². The molecule has 0 saturated carbocycles. The van der Waals surface area contributed by atoms with Crippen molar-refractivity contribution < 1.29 is 19.4 Å². The molecule has 0 unspecified atom stereocenters. The Morgan fingerprint density at radius 3 is 2.64 bits per heavy atom. The SMILES string of the molecule is O=C(Cc1cc(Cl)c2c(c1)OCCO2)N1CC(O)(c2ccccc2)C1. The van der Waals surface area contributed by atoms with E-state index in [4.69, 9.17) is 21.1 Å². The lowest BCUT2D eigenvalue weighted by Crippen LogP contribution is -2.61. The van der Waals surface area contributed by atoms with Gasteiger partial charge in [0.1, 0.15) is 18.8 Å². The standard InChI is InChI=1S/C19H18ClNO4/c20-15-8-13(9-16-18(15)25-7-6-24-16)10-17(22)21-11-19(23,12-21)14-4-2-1-3-5-14/h1-5,8-9,23H,6-7,10-12H2. The van der Waals surface area contributed by atoms with Gasteiger partial charge in [0, 0.05) is 0 Å². The number of β-amino-alcohol motifs (C(OH)–C–C–N with tert-alkyl or cyclic N) is 1. The second-order valence-electron chi connectivity index (χ2n) is 6.43. The third-order valence-corrected chi connectivity index (χ3v) is 4.86. The highest BCUT2D eigenvalue weighted by Crippen LogP contribution is 2.39. The Kier molecular flexibility index (Phi) is 4.06. The summed E-state index contributed by atoms with van der Waals surface area (Å²) < 4.78 is 11.0. The van der Waals surface area contributed by atoms with Crippen LogP contribution in [0.2, 0.25) is 5.02 Å². The zero-order chi connectivity index (χ0) is 17.4. The van der Waals surface area contributed by atoms with E-state index in [0.29, 0.717) is 42.8 Å². The summed E-state index contributed by atoms with van der Waals surface area (Å²) in [5.74, 6) is 1.06. The summed E-state index contributed by atoms with van der Waals surface area (Å²) in [4.78, 5) is 14.1. The van der Waals surface area contributed by atoms with Crippen LogP contribution in [0.15, 0.2) is 42.5 Å². The fraction of sp³-hybridized carbons (Fsp3) is 0.316. The van der Waals surface area contributed by atoms with E-state index in [9.17, 15) is 9.90 Å². The maximum atomic E-state index is 12.5. The number of nitrogens with zero attached hydrogens (tertiary/aromatic N) is 1. The molecule has 0 aliphatic carbocycles. The predicted molar refractivity (Wildman–Crippen MR) is 93.1 cm³/mol. The van der Waals surface area contributed by atoms with E-state index in [0.717, 1.165) is 11.1 Å². The van der Waals surface area contributed by atoms with Gasteiger partial charge in [-0.25, -0.2) is 0 Å². The lowest BCUT2D eigenvalue weighted by atomic mass is 9.86. The molecule has 5 nitrogen and oxygen atoms in total. The molecule has 1 fully saturated rings. The van der Waals surface area contributed by atoms with Crippen molar-refractivity contribution in [1.82, 2.24) is 4.90 Å². The number of amides is 1. The van der Waals surface area contributed by atoms with Crippen molar-refractivity contribution in [3.05, 3.63) is 58.6 Å². The zero-order valence-corrected chi connectivity index (χ0v) is 14.3. The van der Waals surface area contributed by atoms with Crippen LogP contribution < -0.4 is 9.47 Å². The average Bonchev–Trinajstić information content (AvgIpc) is 2.59. The third-order valence-electron chi connectivity index (χ3n) is 4.58. The van der Waals surface area contributed by atoms with Crippen LogP contribution in [0.5, 0.6) is 11.5 Å². The van der Waals surface area contributed by atoms with E-state index in [1.165, 1.54) is 0 Å². The molecule has 2 aliphatic heterocycles. The summed E-state index contributed by atoms with van der Waals surface area (Å²) in [5, 5.41) is 11.1. The molecule has 0 spiro atoms. The van der Waals surface area contributed by atoms with Gasteiger partial charge in [-0.05, 0) is 23.3 Å². The second kappa shape index (κ2) is 6.24. The quantitative estimate of drug-likeness (QED) is 0.914. The van der Waals surface area contributed by atoms with E-state index in [2.05, 4.69) is 0 Å². The van der Waals surface area contributed by atoms with Crippen LogP contribution in [-0.2, 0) is 16.8 Å². The molecule has 130 valence electrons. The van der Waals surface area contributed by atoms with E-state index in [1.807, 2.05) is 30.3 Å². The van der Waals surface area contributed by atoms with Crippen LogP contribution in [0.25, 0.3) is 0 Å². The highest BCUT2D eigenvalue weighted by atomic mass is 35.5. The van der Waals surface area contributed by atoms with Crippen LogP contribution in [0, 0.1) is 0 Å². The van der Waals surface area contributed by atoms with Crippen molar-refractivity contribution in [3.8, 4) is 11.5 Å². The second-order valence-corrected chi connectivity index (χ2v) is 6.83. The number of carbonyl (C=O) groups is 1. The van der Waals surface area contributed by atoms with Gasteiger partial charge in [-0.1, -0.05) is 41.9 Å². The normalized spacial score (nSPS) is 17.8. The van der Waals surface area contributed by atoms with Gasteiger partial charge >= 0.3 is 0 Å². The summed E-state index contributed by atoms with van der Waals surface area (Å²) in [6, 6.07) is 13.0. The first-order valence-corrected chi connectivity index (χ1v) is 8.57. The molecular weight excluding hydrogens is 342 g/mol. The Bertz CT molecular complexity index is 803. The average molecular weight is 360 g/mol. The van der Waals surface area contributed by atoms with Crippen molar-refractivity contribution in [3.63, 3.8) is 0 Å². The van der Waals surface area contributed by atoms with Gasteiger partial charge in [-0.3, -0.25) is 4.79 Å². The molecule has 1 saturated heterocycles. The molecule has 2 aliphatic rings. The molecule has 0 radical (unpaired) electrons. The van der Waals surface area contributed by atoms with Gasteiger partial charge in [0.15, 0.2) is 11.5 Å². The number of likely N-dealkylation sites (tertiary alicyclic amines) is 1. The first-order chi connectivity index (χ1) is 12.0. The lowest BCUT2D eigenvalue weighted by molar-refractivity contribution is -0.156. The zero-order valence-electron chi connectivity index (χ0n) is 13.6. The Hall–Kier alpha value is -2.24. The first kappa shape index (κ1) is 16.2. The van der Waals surface area contributed by atoms with E-state index < -0.39 is 5.60 Å². The minimum atomic E-state index is -0.957. The highest BCUT2D eigenvalue weighted by Gasteiger charge is 2.44. The molecular formula is C19H18ClNO4. The Labute approximate surface area is 150 Å². The van der Waals surface area contributed by atoms with E-state index >= 15 is 0 Å². The number of hydrogen-bond donors (Lipinski definition) is 1. The number of ether oxygens (including phenoxy) is 2. The molecule has 2 aromatic rings. The highest BCUT2D eigenvalue weighted by molar-refractivity contribution is 6.32. The molecule has 0 bridgehead atoms. The van der Waals surface area contributed by atoms with Crippen molar-refractivity contribution in [2.45, 2.75) is 12.0 Å². The number of carbonyl (C=O) groups excluding carboxylic acids is 1. The first-order valence-electron chi connectivity index (χ1n) is 8.19. The summed E-state index contributed by atoms with van der Waals surface area (Å²) in [5.41, 5.74) is 0.650. The Morgan fingerprint density at radius 2 is 1.88 bits per heavy atom. The number of rotatable bonds is 3. The minimum absolute atomic E-state index is 0.0478. The molecule has 6 heteroatoms. The van der Waals surface area contributed by atoms with Crippen LogP contribution in [-0.4, -0.2) is 42.2 Å². The fourth-order valence-electron chi connectivity index (χ4n) is 3.25. The van der Waals surface area contributed by atoms with Crippen LogP contribution in [0.4, 0.5) is 0 Å². The monoisotopic (exact) mass is 359 g/mol. The summed E-state index contributed by atoms with van der Waals surface area (Å²) in [7, 11) is 0. The molecule has 0 atom stereocenters. The molecule has 1 N–H and O–H groups in total. The van der Waals surface area contributed by atoms with Crippen molar-refractivity contribution in [2.24, 2.45) is 0 Å². The maximum Gasteiger partial charge on any atom is 0.227 e. The smallest absolute Gasteiger partial charge is 0.227 e. The molecule has 2 aromatic carbocycles. The van der Waals surface area contributed by atoms with Crippen molar-refractivity contribution in [1.29, 1.82) is 0 Å². The molecule has 25 heavy (non-hydrogen) atoms. The number of hydrogen-bond acceptors (Lipinski definition) is 4. The third kappa shape index (κ3) is 3.05. The van der Waals surface area contributed by atoms with Gasteiger partial charge < -0.3 is 19.5 Å².